The van der Waals surface area contributed by atoms with Crippen molar-refractivity contribution in [3.05, 3.63) is 35.6 Å². The first-order chi connectivity index (χ1) is 12.2. The van der Waals surface area contributed by atoms with Gasteiger partial charge in [-0.2, -0.15) is 0 Å². The van der Waals surface area contributed by atoms with Gasteiger partial charge in [-0.3, -0.25) is 4.90 Å². The average molecular weight is 345 g/mol. The largest absolute Gasteiger partial charge is 0.373 e. The zero-order valence-corrected chi connectivity index (χ0v) is 14.3. The second-order valence-electron chi connectivity index (χ2n) is 6.62. The summed E-state index contributed by atoms with van der Waals surface area (Å²) >= 11 is 0. The molecule has 0 radical (unpaired) electrons. The number of morpholine rings is 1. The van der Waals surface area contributed by atoms with E-state index in [0.29, 0.717) is 19.1 Å². The second kappa shape index (κ2) is 8.32. The maximum atomic E-state index is 13.0. The van der Waals surface area contributed by atoms with Crippen molar-refractivity contribution in [1.82, 2.24) is 15.1 Å². The van der Waals surface area contributed by atoms with Crippen LogP contribution in [0.15, 0.2) is 24.3 Å². The summed E-state index contributed by atoms with van der Waals surface area (Å²) in [5.41, 5.74) is 0.834. The van der Waals surface area contributed by atoms with Crippen molar-refractivity contribution in [1.29, 1.82) is 0 Å². The minimum Gasteiger partial charge on any atom is -0.373 e. The Morgan fingerprint density at radius 2 is 2.24 bits per heavy atom. The number of amides is 2. The molecule has 2 fully saturated rings. The molecule has 1 N–H and O–H groups in total. The smallest absolute Gasteiger partial charge is 0.318 e. The average Bonchev–Trinajstić information content (AvgIpc) is 3.09. The Bertz CT molecular complexity index is 629. The fourth-order valence-electron chi connectivity index (χ4n) is 3.44. The number of benzene rings is 1. The summed E-state index contributed by atoms with van der Waals surface area (Å²) in [7, 11) is 0. The molecule has 0 spiro atoms. The Hall–Kier alpha value is -2.10. The van der Waals surface area contributed by atoms with Gasteiger partial charge in [0.05, 0.1) is 19.3 Å². The Morgan fingerprint density at radius 3 is 3.00 bits per heavy atom. The lowest BCUT2D eigenvalue weighted by molar-refractivity contribution is -0.0461. The molecule has 25 heavy (non-hydrogen) atoms. The number of nitrogens with zero attached hydrogens (tertiary/aromatic N) is 2. The van der Waals surface area contributed by atoms with Crippen LogP contribution in [0.5, 0.6) is 0 Å². The summed E-state index contributed by atoms with van der Waals surface area (Å²) in [6.45, 7) is 3.72. The van der Waals surface area contributed by atoms with Gasteiger partial charge in [-0.25, -0.2) is 9.18 Å². The van der Waals surface area contributed by atoms with Gasteiger partial charge in [0.2, 0.25) is 0 Å². The normalized spacial score (nSPS) is 22.9. The maximum absolute atomic E-state index is 13.0. The van der Waals surface area contributed by atoms with Crippen molar-refractivity contribution >= 4 is 6.03 Å². The van der Waals surface area contributed by atoms with Gasteiger partial charge in [-0.05, 0) is 37.1 Å². The molecule has 1 aromatic rings. The molecule has 0 aliphatic carbocycles. The highest BCUT2D eigenvalue weighted by Gasteiger charge is 2.32. The predicted molar refractivity (Wildman–Crippen MR) is 93.4 cm³/mol. The third-order valence-corrected chi connectivity index (χ3v) is 4.80. The number of carbonyl (C=O) groups is 1. The van der Waals surface area contributed by atoms with E-state index in [9.17, 15) is 9.18 Å². The molecule has 0 bridgehead atoms. The second-order valence-corrected chi connectivity index (χ2v) is 6.62. The number of rotatable bonds is 5. The van der Waals surface area contributed by atoms with Crippen molar-refractivity contribution in [3.63, 3.8) is 0 Å². The number of carbonyl (C=O) groups excluding carboxylic acids is 1. The van der Waals surface area contributed by atoms with Crippen LogP contribution in [0, 0.1) is 18.2 Å². The minimum absolute atomic E-state index is 0.0109. The zero-order chi connectivity index (χ0) is 17.6. The molecule has 2 heterocycles. The van der Waals surface area contributed by atoms with E-state index in [-0.39, 0.29) is 24.5 Å². The van der Waals surface area contributed by atoms with E-state index in [1.54, 1.807) is 12.1 Å². The van der Waals surface area contributed by atoms with Crippen LogP contribution in [0.1, 0.15) is 18.4 Å². The molecule has 5 nitrogen and oxygen atoms in total. The summed E-state index contributed by atoms with van der Waals surface area (Å²) in [6, 6.07) is 6.39. The molecule has 3 rings (SSSR count). The van der Waals surface area contributed by atoms with Gasteiger partial charge in [0, 0.05) is 25.7 Å². The monoisotopic (exact) mass is 345 g/mol. The summed E-state index contributed by atoms with van der Waals surface area (Å²) in [4.78, 5) is 16.4. The van der Waals surface area contributed by atoms with Crippen LogP contribution < -0.4 is 5.32 Å². The van der Waals surface area contributed by atoms with Gasteiger partial charge in [-0.1, -0.05) is 18.1 Å². The quantitative estimate of drug-likeness (QED) is 0.828. The summed E-state index contributed by atoms with van der Waals surface area (Å²) in [5.74, 6) is 2.20. The number of ether oxygens (including phenoxy) is 1. The molecule has 2 aliphatic rings. The third-order valence-electron chi connectivity index (χ3n) is 4.80. The topological polar surface area (TPSA) is 44.8 Å². The van der Waals surface area contributed by atoms with Gasteiger partial charge in [0.25, 0.3) is 0 Å². The molecule has 2 amide bonds. The van der Waals surface area contributed by atoms with Crippen LogP contribution in [0.2, 0.25) is 0 Å². The summed E-state index contributed by atoms with van der Waals surface area (Å²) in [6.07, 6.45) is 7.81. The fourth-order valence-corrected chi connectivity index (χ4v) is 3.44. The van der Waals surface area contributed by atoms with Gasteiger partial charge in [-0.15, -0.1) is 6.42 Å². The van der Waals surface area contributed by atoms with Crippen LogP contribution in [0.3, 0.4) is 0 Å². The lowest BCUT2D eigenvalue weighted by atomic mass is 10.2. The molecular weight excluding hydrogens is 321 g/mol. The van der Waals surface area contributed by atoms with E-state index >= 15 is 0 Å². The van der Waals surface area contributed by atoms with Crippen LogP contribution in [-0.2, 0) is 11.3 Å². The molecule has 0 unspecified atom stereocenters. The van der Waals surface area contributed by atoms with Crippen LogP contribution in [-0.4, -0.2) is 60.8 Å². The fraction of sp³-hybridized carbons (Fsp3) is 0.526. The minimum atomic E-state index is -0.300. The molecule has 2 atom stereocenters. The summed E-state index contributed by atoms with van der Waals surface area (Å²) < 4.78 is 18.9. The first-order valence-electron chi connectivity index (χ1n) is 8.72. The molecular formula is C19H24FN3O2. The number of hydrogen-bond donors (Lipinski definition) is 1. The Labute approximate surface area is 148 Å². The zero-order valence-electron chi connectivity index (χ0n) is 14.3. The van der Waals surface area contributed by atoms with Crippen molar-refractivity contribution in [2.24, 2.45) is 0 Å². The van der Waals surface area contributed by atoms with E-state index < -0.39 is 0 Å². The summed E-state index contributed by atoms with van der Waals surface area (Å²) in [5, 5.41) is 2.91. The molecule has 2 saturated heterocycles. The van der Waals surface area contributed by atoms with Gasteiger partial charge in [0.1, 0.15) is 5.82 Å². The molecule has 0 aromatic heterocycles. The molecule has 0 saturated carbocycles. The van der Waals surface area contributed by atoms with E-state index in [1.807, 2.05) is 0 Å². The highest BCUT2D eigenvalue weighted by molar-refractivity contribution is 5.74. The van der Waals surface area contributed by atoms with Crippen molar-refractivity contribution in [2.45, 2.75) is 31.5 Å². The maximum Gasteiger partial charge on any atom is 0.318 e. The lowest BCUT2D eigenvalue weighted by Crippen LogP contribution is -2.51. The number of nitrogens with one attached hydrogen (secondary N) is 1. The SMILES string of the molecule is C#CCN(Cc1ccc(F)cc1)C(=O)NC[C@H]1CN2CCC[C@@H]2CO1. The number of halogens is 1. The van der Waals surface area contributed by atoms with E-state index in [2.05, 4.69) is 16.1 Å². The lowest BCUT2D eigenvalue weighted by Gasteiger charge is -2.35. The highest BCUT2D eigenvalue weighted by Crippen LogP contribution is 2.22. The first kappa shape index (κ1) is 17.7. The van der Waals surface area contributed by atoms with E-state index in [1.165, 1.54) is 29.9 Å². The molecule has 134 valence electrons. The Kier molecular flexibility index (Phi) is 5.90. The molecule has 1 aromatic carbocycles. The molecule has 6 heteroatoms. The number of fused-ring (bicyclic) bond motifs is 1. The first-order valence-corrected chi connectivity index (χ1v) is 8.72. The van der Waals surface area contributed by atoms with Gasteiger partial charge < -0.3 is 15.0 Å². The number of urea groups is 1. The van der Waals surface area contributed by atoms with E-state index in [0.717, 1.165) is 25.3 Å². The van der Waals surface area contributed by atoms with Gasteiger partial charge >= 0.3 is 6.03 Å². The standard InChI is InChI=1S/C19H24FN3O2/c1-2-9-23(12-15-5-7-16(20)8-6-15)19(24)21-11-18-13-22-10-3-4-17(22)14-25-18/h1,5-8,17-18H,3-4,9-14H2,(H,21,24)/t17-,18+/m1/s1. The Balaban J connectivity index is 1.50. The Morgan fingerprint density at radius 1 is 1.44 bits per heavy atom. The third kappa shape index (κ3) is 4.71. The van der Waals surface area contributed by atoms with Crippen LogP contribution in [0.4, 0.5) is 9.18 Å². The van der Waals surface area contributed by atoms with Crippen molar-refractivity contribution < 1.29 is 13.9 Å². The van der Waals surface area contributed by atoms with Crippen molar-refractivity contribution in [3.8, 4) is 12.3 Å². The highest BCUT2D eigenvalue weighted by atomic mass is 19.1. The number of terminal acetylenes is 1. The van der Waals surface area contributed by atoms with Gasteiger partial charge in [0.15, 0.2) is 0 Å². The van der Waals surface area contributed by atoms with E-state index in [4.69, 9.17) is 11.2 Å². The number of hydrogen-bond acceptors (Lipinski definition) is 3. The molecule has 2 aliphatic heterocycles. The predicted octanol–water partition coefficient (Wildman–Crippen LogP) is 1.83. The van der Waals surface area contributed by atoms with Crippen molar-refractivity contribution in [2.75, 3.05) is 32.8 Å². The van der Waals surface area contributed by atoms with Crippen LogP contribution in [0.25, 0.3) is 0 Å². The van der Waals surface area contributed by atoms with Crippen LogP contribution >= 0.6 is 0 Å².